The van der Waals surface area contributed by atoms with E-state index in [0.717, 1.165) is 15.4 Å². The molecule has 102 valence electrons. The lowest BCUT2D eigenvalue weighted by Crippen LogP contribution is -2.29. The number of hydrogen-bond acceptors (Lipinski definition) is 3. The maximum absolute atomic E-state index is 13.5. The van der Waals surface area contributed by atoms with Crippen LogP contribution in [0.1, 0.15) is 16.5 Å². The molecule has 0 radical (unpaired) electrons. The molecule has 1 unspecified atom stereocenters. The third kappa shape index (κ3) is 3.41. The normalized spacial score (nSPS) is 12.7. The number of rotatable bonds is 4. The van der Waals surface area contributed by atoms with Gasteiger partial charge in [-0.05, 0) is 49.6 Å². The van der Waals surface area contributed by atoms with E-state index in [9.17, 15) is 8.78 Å². The van der Waals surface area contributed by atoms with Crippen molar-refractivity contribution in [2.75, 3.05) is 0 Å². The number of thiophene rings is 1. The first kappa shape index (κ1) is 15.1. The average Bonchev–Trinajstić information content (AvgIpc) is 2.80. The van der Waals surface area contributed by atoms with Crippen molar-refractivity contribution in [1.29, 1.82) is 0 Å². The summed E-state index contributed by atoms with van der Waals surface area (Å²) < 4.78 is 27.7. The highest BCUT2D eigenvalue weighted by atomic mass is 79.9. The van der Waals surface area contributed by atoms with Gasteiger partial charge in [0.05, 0.1) is 10.5 Å². The number of benzene rings is 1. The fourth-order valence-corrected chi connectivity index (χ4v) is 3.83. The largest absolute Gasteiger partial charge is 0.271 e. The van der Waals surface area contributed by atoms with Crippen molar-refractivity contribution in [3.63, 3.8) is 0 Å². The molecule has 2 aromatic rings. The van der Waals surface area contributed by atoms with E-state index >= 15 is 0 Å². The van der Waals surface area contributed by atoms with Gasteiger partial charge >= 0.3 is 0 Å². The van der Waals surface area contributed by atoms with E-state index in [1.165, 1.54) is 6.07 Å². The molecule has 0 amide bonds. The van der Waals surface area contributed by atoms with Crippen LogP contribution in [0.15, 0.2) is 32.5 Å². The number of halogens is 4. The SMILES string of the molecule is NNC(Cc1cc(Br)cs1)c1ccc(F)c(F)c1Br. The van der Waals surface area contributed by atoms with Crippen molar-refractivity contribution < 1.29 is 8.78 Å². The Bertz CT molecular complexity index is 589. The summed E-state index contributed by atoms with van der Waals surface area (Å²) in [7, 11) is 0. The second kappa shape index (κ2) is 6.41. The molecule has 19 heavy (non-hydrogen) atoms. The van der Waals surface area contributed by atoms with Gasteiger partial charge in [-0.2, -0.15) is 0 Å². The molecule has 2 nitrogen and oxygen atoms in total. The molecule has 3 N–H and O–H groups in total. The van der Waals surface area contributed by atoms with Gasteiger partial charge in [-0.25, -0.2) is 8.78 Å². The van der Waals surface area contributed by atoms with Gasteiger partial charge in [0.1, 0.15) is 0 Å². The third-order valence-corrected chi connectivity index (χ3v) is 5.19. The summed E-state index contributed by atoms with van der Waals surface area (Å²) in [5.74, 6) is 3.74. The van der Waals surface area contributed by atoms with Crippen LogP contribution in [0.2, 0.25) is 0 Å². The Morgan fingerprint density at radius 2 is 2.05 bits per heavy atom. The van der Waals surface area contributed by atoms with Crippen LogP contribution in [0.3, 0.4) is 0 Å². The van der Waals surface area contributed by atoms with Crippen molar-refractivity contribution in [1.82, 2.24) is 5.43 Å². The molecule has 0 aliphatic heterocycles. The Hall–Kier alpha value is -0.340. The predicted octanol–water partition coefficient (Wildman–Crippen LogP) is 4.30. The van der Waals surface area contributed by atoms with Crippen molar-refractivity contribution in [2.24, 2.45) is 5.84 Å². The van der Waals surface area contributed by atoms with Crippen LogP contribution in [-0.2, 0) is 6.42 Å². The van der Waals surface area contributed by atoms with E-state index in [0.29, 0.717) is 12.0 Å². The van der Waals surface area contributed by atoms with E-state index in [2.05, 4.69) is 37.3 Å². The van der Waals surface area contributed by atoms with Crippen LogP contribution in [0.4, 0.5) is 8.78 Å². The Kier molecular flexibility index (Phi) is 5.08. The van der Waals surface area contributed by atoms with Crippen molar-refractivity contribution in [2.45, 2.75) is 12.5 Å². The Balaban J connectivity index is 2.29. The summed E-state index contributed by atoms with van der Waals surface area (Å²) in [5.41, 5.74) is 3.22. The molecule has 1 aromatic heterocycles. The van der Waals surface area contributed by atoms with Crippen LogP contribution >= 0.6 is 43.2 Å². The molecule has 7 heteroatoms. The van der Waals surface area contributed by atoms with Crippen LogP contribution in [0, 0.1) is 11.6 Å². The molecule has 0 aliphatic carbocycles. The highest BCUT2D eigenvalue weighted by Gasteiger charge is 2.19. The molecule has 0 aliphatic rings. The van der Waals surface area contributed by atoms with E-state index in [1.807, 2.05) is 11.4 Å². The molecule has 0 saturated heterocycles. The maximum Gasteiger partial charge on any atom is 0.173 e. The highest BCUT2D eigenvalue weighted by Crippen LogP contribution is 2.31. The lowest BCUT2D eigenvalue weighted by molar-refractivity contribution is 0.492. The maximum atomic E-state index is 13.5. The van der Waals surface area contributed by atoms with Crippen LogP contribution in [0.5, 0.6) is 0 Å². The first-order valence-electron chi connectivity index (χ1n) is 5.35. The topological polar surface area (TPSA) is 38.0 Å². The second-order valence-electron chi connectivity index (χ2n) is 3.92. The lowest BCUT2D eigenvalue weighted by Gasteiger charge is -2.17. The van der Waals surface area contributed by atoms with Crippen LogP contribution < -0.4 is 11.3 Å². The van der Waals surface area contributed by atoms with Gasteiger partial charge in [0.25, 0.3) is 0 Å². The molecule has 2 rings (SSSR count). The lowest BCUT2D eigenvalue weighted by atomic mass is 10.0. The Morgan fingerprint density at radius 1 is 1.32 bits per heavy atom. The average molecular weight is 412 g/mol. The van der Waals surface area contributed by atoms with Crippen molar-refractivity contribution in [3.8, 4) is 0 Å². The molecule has 0 bridgehead atoms. The Labute approximate surface area is 130 Å². The van der Waals surface area contributed by atoms with E-state index in [-0.39, 0.29) is 10.5 Å². The summed E-state index contributed by atoms with van der Waals surface area (Å²) >= 11 is 8.03. The first-order chi connectivity index (χ1) is 9.02. The standard InChI is InChI=1S/C12H10Br2F2N2S/c13-6-3-7(19-5-6)4-10(18-17)8-1-2-9(15)12(16)11(8)14/h1-3,5,10,18H,4,17H2. The number of hydrogen-bond donors (Lipinski definition) is 2. The van der Waals surface area contributed by atoms with Gasteiger partial charge in [0.2, 0.25) is 0 Å². The zero-order valence-corrected chi connectivity index (χ0v) is 13.6. The van der Waals surface area contributed by atoms with E-state index < -0.39 is 11.6 Å². The fraction of sp³-hybridized carbons (Fsp3) is 0.167. The molecule has 1 atom stereocenters. The molecule has 1 aromatic carbocycles. The summed E-state index contributed by atoms with van der Waals surface area (Å²) in [5, 5.41) is 1.96. The molecule has 1 heterocycles. The van der Waals surface area contributed by atoms with Gasteiger partial charge in [0, 0.05) is 21.2 Å². The van der Waals surface area contributed by atoms with Gasteiger partial charge < -0.3 is 0 Å². The van der Waals surface area contributed by atoms with Gasteiger partial charge in [-0.15, -0.1) is 11.3 Å². The molecular weight excluding hydrogens is 402 g/mol. The molecule has 0 fully saturated rings. The third-order valence-electron chi connectivity index (χ3n) is 2.67. The molecule has 0 spiro atoms. The smallest absolute Gasteiger partial charge is 0.173 e. The summed E-state index contributed by atoms with van der Waals surface area (Å²) in [6.45, 7) is 0. The highest BCUT2D eigenvalue weighted by molar-refractivity contribution is 9.10. The minimum absolute atomic E-state index is 0.103. The summed E-state index contributed by atoms with van der Waals surface area (Å²) in [6.07, 6.45) is 0.594. The molecule has 0 saturated carbocycles. The van der Waals surface area contributed by atoms with E-state index in [4.69, 9.17) is 5.84 Å². The van der Waals surface area contributed by atoms with Gasteiger partial charge in [-0.3, -0.25) is 11.3 Å². The fourth-order valence-electron chi connectivity index (χ4n) is 1.73. The molecular formula is C12H10Br2F2N2S. The number of nitrogens with one attached hydrogen (secondary N) is 1. The Morgan fingerprint density at radius 3 is 2.63 bits per heavy atom. The zero-order valence-electron chi connectivity index (χ0n) is 9.59. The van der Waals surface area contributed by atoms with Gasteiger partial charge in [-0.1, -0.05) is 6.07 Å². The number of hydrazine groups is 1. The van der Waals surface area contributed by atoms with E-state index in [1.54, 1.807) is 11.3 Å². The first-order valence-corrected chi connectivity index (χ1v) is 7.82. The van der Waals surface area contributed by atoms with Crippen LogP contribution in [0.25, 0.3) is 0 Å². The minimum Gasteiger partial charge on any atom is -0.271 e. The van der Waals surface area contributed by atoms with Crippen LogP contribution in [-0.4, -0.2) is 0 Å². The monoisotopic (exact) mass is 410 g/mol. The predicted molar refractivity (Wildman–Crippen MR) is 79.8 cm³/mol. The van der Waals surface area contributed by atoms with Crippen molar-refractivity contribution in [3.05, 3.63) is 54.6 Å². The number of nitrogens with two attached hydrogens (primary N) is 1. The summed E-state index contributed by atoms with van der Waals surface area (Å²) in [6, 6.07) is 4.30. The zero-order chi connectivity index (χ0) is 14.0. The quantitative estimate of drug-likeness (QED) is 0.447. The van der Waals surface area contributed by atoms with Gasteiger partial charge in [0.15, 0.2) is 11.6 Å². The second-order valence-corrected chi connectivity index (χ2v) is 6.62. The summed E-state index contributed by atoms with van der Waals surface area (Å²) in [4.78, 5) is 1.09. The minimum atomic E-state index is -0.898. The van der Waals surface area contributed by atoms with Crippen molar-refractivity contribution >= 4 is 43.2 Å².